The van der Waals surface area contributed by atoms with Crippen molar-refractivity contribution < 1.29 is 22.7 Å². The molecule has 1 amide bonds. The van der Waals surface area contributed by atoms with Gasteiger partial charge in [0.25, 0.3) is 10.0 Å². The van der Waals surface area contributed by atoms with Crippen molar-refractivity contribution in [3.8, 4) is 11.5 Å². The van der Waals surface area contributed by atoms with E-state index < -0.39 is 15.9 Å². The number of amides is 1. The molecule has 0 radical (unpaired) electrons. The highest BCUT2D eigenvalue weighted by Crippen LogP contribution is 2.32. The Morgan fingerprint density at radius 1 is 1.29 bits per heavy atom. The van der Waals surface area contributed by atoms with E-state index in [9.17, 15) is 13.2 Å². The quantitative estimate of drug-likeness (QED) is 0.794. The van der Waals surface area contributed by atoms with E-state index in [2.05, 4.69) is 4.72 Å². The Kier molecular flexibility index (Phi) is 5.35. The van der Waals surface area contributed by atoms with Crippen LogP contribution in [0.3, 0.4) is 0 Å². The average molecular weight is 331 g/mol. The van der Waals surface area contributed by atoms with Gasteiger partial charge < -0.3 is 9.47 Å². The Morgan fingerprint density at radius 3 is 2.71 bits per heavy atom. The first-order valence-corrected chi connectivity index (χ1v) is 9.20. The Labute approximate surface area is 128 Å². The second-order valence-electron chi connectivity index (χ2n) is 4.39. The van der Waals surface area contributed by atoms with Crippen molar-refractivity contribution in [2.24, 2.45) is 0 Å². The average Bonchev–Trinajstić information content (AvgIpc) is 2.46. The van der Waals surface area contributed by atoms with Crippen LogP contribution in [0, 0.1) is 0 Å². The number of ether oxygens (including phenoxy) is 2. The molecule has 116 valence electrons. The summed E-state index contributed by atoms with van der Waals surface area (Å²) in [5.41, 5.74) is 0. The summed E-state index contributed by atoms with van der Waals surface area (Å²) in [7, 11) is -3.88. The van der Waals surface area contributed by atoms with Gasteiger partial charge in [0.1, 0.15) is 13.2 Å². The van der Waals surface area contributed by atoms with Crippen molar-refractivity contribution in [2.45, 2.75) is 18.2 Å². The third kappa shape index (κ3) is 4.28. The van der Waals surface area contributed by atoms with E-state index in [-0.39, 0.29) is 10.6 Å². The van der Waals surface area contributed by atoms with Crippen molar-refractivity contribution in [1.82, 2.24) is 4.72 Å². The van der Waals surface area contributed by atoms with E-state index in [0.29, 0.717) is 24.7 Å². The molecule has 6 nitrogen and oxygen atoms in total. The Hall–Kier alpha value is -1.41. The highest BCUT2D eigenvalue weighted by atomic mass is 32.2. The molecule has 1 aliphatic heterocycles. The zero-order valence-corrected chi connectivity index (χ0v) is 13.3. The molecule has 0 saturated heterocycles. The summed E-state index contributed by atoms with van der Waals surface area (Å²) in [4.78, 5) is 11.6. The van der Waals surface area contributed by atoms with Crippen molar-refractivity contribution >= 4 is 27.7 Å². The number of hydrogen-bond donors (Lipinski definition) is 1. The number of carbonyl (C=O) groups is 1. The highest BCUT2D eigenvalue weighted by Gasteiger charge is 2.21. The van der Waals surface area contributed by atoms with Crippen molar-refractivity contribution in [3.63, 3.8) is 0 Å². The van der Waals surface area contributed by atoms with Gasteiger partial charge in [-0.25, -0.2) is 13.1 Å². The van der Waals surface area contributed by atoms with Gasteiger partial charge in [-0.2, -0.15) is 11.8 Å². The predicted octanol–water partition coefficient (Wildman–Crippen LogP) is 1.41. The first kappa shape index (κ1) is 16.0. The molecule has 0 fully saturated rings. The second kappa shape index (κ2) is 7.04. The number of rotatable bonds is 6. The topological polar surface area (TPSA) is 81.7 Å². The van der Waals surface area contributed by atoms with E-state index in [4.69, 9.17) is 9.47 Å². The zero-order valence-electron chi connectivity index (χ0n) is 11.6. The number of sulfonamides is 1. The number of fused-ring (bicyclic) bond motifs is 1. The van der Waals surface area contributed by atoms with Crippen molar-refractivity contribution in [3.05, 3.63) is 18.2 Å². The van der Waals surface area contributed by atoms with Crippen LogP contribution in [-0.2, 0) is 14.8 Å². The molecule has 2 rings (SSSR count). The van der Waals surface area contributed by atoms with E-state index >= 15 is 0 Å². The molecular formula is C13H17NO5S2. The summed E-state index contributed by atoms with van der Waals surface area (Å²) >= 11 is 1.40. The maximum absolute atomic E-state index is 12.1. The summed E-state index contributed by atoms with van der Waals surface area (Å²) in [6.07, 6.45) is 0.937. The van der Waals surface area contributed by atoms with Gasteiger partial charge in [-0.15, -0.1) is 0 Å². The summed E-state index contributed by atoms with van der Waals surface area (Å²) in [5, 5.41) is 0. The van der Waals surface area contributed by atoms with E-state index in [1.807, 2.05) is 6.92 Å². The predicted molar refractivity (Wildman–Crippen MR) is 80.4 cm³/mol. The number of hydrogen-bond acceptors (Lipinski definition) is 6. The smallest absolute Gasteiger partial charge is 0.264 e. The summed E-state index contributed by atoms with van der Waals surface area (Å²) in [6, 6.07) is 4.28. The van der Waals surface area contributed by atoms with Crippen LogP contribution in [0.2, 0.25) is 0 Å². The summed E-state index contributed by atoms with van der Waals surface area (Å²) in [5.74, 6) is 1.29. The fourth-order valence-electron chi connectivity index (χ4n) is 1.74. The molecule has 1 N–H and O–H groups in total. The lowest BCUT2D eigenvalue weighted by molar-refractivity contribution is -0.116. The third-order valence-corrected chi connectivity index (χ3v) is 5.19. The maximum atomic E-state index is 12.1. The van der Waals surface area contributed by atoms with Gasteiger partial charge >= 0.3 is 0 Å². The number of carbonyl (C=O) groups excluding carboxylic acids is 1. The van der Waals surface area contributed by atoms with Crippen LogP contribution in [0.4, 0.5) is 0 Å². The van der Waals surface area contributed by atoms with Crippen LogP contribution in [0.5, 0.6) is 11.5 Å². The Morgan fingerprint density at radius 2 is 2.00 bits per heavy atom. The number of benzene rings is 1. The van der Waals surface area contributed by atoms with E-state index in [0.717, 1.165) is 12.2 Å². The molecule has 8 heteroatoms. The lowest BCUT2D eigenvalue weighted by Crippen LogP contribution is -2.32. The first-order valence-electron chi connectivity index (χ1n) is 6.56. The molecular weight excluding hydrogens is 314 g/mol. The molecule has 0 unspecified atom stereocenters. The molecule has 0 bridgehead atoms. The molecule has 1 heterocycles. The lowest BCUT2D eigenvalue weighted by Gasteiger charge is -2.18. The molecule has 0 atom stereocenters. The van der Waals surface area contributed by atoms with Crippen LogP contribution < -0.4 is 14.2 Å². The van der Waals surface area contributed by atoms with E-state index in [1.165, 1.54) is 30.0 Å². The molecule has 0 aliphatic carbocycles. The minimum absolute atomic E-state index is 0.0133. The molecule has 21 heavy (non-hydrogen) atoms. The van der Waals surface area contributed by atoms with Gasteiger partial charge in [0, 0.05) is 6.07 Å². The minimum atomic E-state index is -3.88. The van der Waals surface area contributed by atoms with Gasteiger partial charge in [-0.05, 0) is 24.3 Å². The molecule has 0 saturated carbocycles. The number of thioether (sulfide) groups is 1. The molecule has 1 aromatic carbocycles. The SMILES string of the molecule is CCCSCC(=O)NS(=O)(=O)c1ccc2c(c1)OCCO2. The molecule has 1 aromatic rings. The maximum Gasteiger partial charge on any atom is 0.264 e. The van der Waals surface area contributed by atoms with E-state index in [1.54, 1.807) is 0 Å². The molecule has 0 spiro atoms. The number of nitrogens with one attached hydrogen (secondary N) is 1. The summed E-state index contributed by atoms with van der Waals surface area (Å²) in [6.45, 7) is 2.80. The van der Waals surface area contributed by atoms with Crippen LogP contribution in [0.25, 0.3) is 0 Å². The van der Waals surface area contributed by atoms with Gasteiger partial charge in [-0.3, -0.25) is 4.79 Å². The van der Waals surface area contributed by atoms with Crippen molar-refractivity contribution in [1.29, 1.82) is 0 Å². The van der Waals surface area contributed by atoms with Gasteiger partial charge in [0.15, 0.2) is 11.5 Å². The third-order valence-electron chi connectivity index (χ3n) is 2.65. The fraction of sp³-hybridized carbons (Fsp3) is 0.462. The largest absolute Gasteiger partial charge is 0.486 e. The Balaban J connectivity index is 2.07. The van der Waals surface area contributed by atoms with Gasteiger partial charge in [0.2, 0.25) is 5.91 Å². The normalized spacial score (nSPS) is 13.8. The van der Waals surface area contributed by atoms with Crippen LogP contribution in [0.1, 0.15) is 13.3 Å². The lowest BCUT2D eigenvalue weighted by atomic mass is 10.3. The van der Waals surface area contributed by atoms with Gasteiger partial charge in [-0.1, -0.05) is 6.92 Å². The monoisotopic (exact) mass is 331 g/mol. The zero-order chi connectivity index (χ0) is 15.3. The van der Waals surface area contributed by atoms with Crippen LogP contribution >= 0.6 is 11.8 Å². The minimum Gasteiger partial charge on any atom is -0.486 e. The van der Waals surface area contributed by atoms with Crippen molar-refractivity contribution in [2.75, 3.05) is 24.7 Å². The highest BCUT2D eigenvalue weighted by molar-refractivity contribution is 8.00. The second-order valence-corrected chi connectivity index (χ2v) is 7.17. The van der Waals surface area contributed by atoms with Crippen LogP contribution in [0.15, 0.2) is 23.1 Å². The molecule has 1 aliphatic rings. The van der Waals surface area contributed by atoms with Gasteiger partial charge in [0.05, 0.1) is 10.6 Å². The van der Waals surface area contributed by atoms with Crippen LogP contribution in [-0.4, -0.2) is 39.0 Å². The standard InChI is InChI=1S/C13H17NO5S2/c1-2-7-20-9-13(15)14-21(16,17)10-3-4-11-12(8-10)19-6-5-18-11/h3-4,8H,2,5-7,9H2,1H3,(H,14,15). The molecule has 0 aromatic heterocycles. The summed E-state index contributed by atoms with van der Waals surface area (Å²) < 4.78 is 37.0. The Bertz CT molecular complexity index is 615. The fourth-order valence-corrected chi connectivity index (χ4v) is 3.52. The first-order chi connectivity index (χ1) is 10.0.